The number of nitrogens with one attached hydrogen (secondary N) is 2. The average Bonchev–Trinajstić information content (AvgIpc) is 2.86. The van der Waals surface area contributed by atoms with Gasteiger partial charge in [0.2, 0.25) is 0 Å². The lowest BCUT2D eigenvalue weighted by atomic mass is 10.1. The zero-order chi connectivity index (χ0) is 13.0. The number of carbonyl (C=O) groups is 1. The summed E-state index contributed by atoms with van der Waals surface area (Å²) in [4.78, 5) is 12.0. The number of amides is 1. The van der Waals surface area contributed by atoms with E-state index in [1.807, 2.05) is 0 Å². The highest BCUT2D eigenvalue weighted by atomic mass is 16.5. The van der Waals surface area contributed by atoms with Gasteiger partial charge in [-0.1, -0.05) is 0 Å². The molecule has 1 aromatic rings. The third kappa shape index (κ3) is 2.80. The first-order valence-corrected chi connectivity index (χ1v) is 5.93. The van der Waals surface area contributed by atoms with E-state index < -0.39 is 0 Å². The molecule has 5 heteroatoms. The molecule has 18 heavy (non-hydrogen) atoms. The van der Waals surface area contributed by atoms with Gasteiger partial charge in [-0.3, -0.25) is 4.79 Å². The zero-order valence-corrected chi connectivity index (χ0v) is 10.6. The molecule has 2 rings (SSSR count). The molecular weight excluding hydrogens is 232 g/mol. The fourth-order valence-corrected chi connectivity index (χ4v) is 2.04. The first kappa shape index (κ1) is 12.9. The van der Waals surface area contributed by atoms with Gasteiger partial charge >= 0.3 is 0 Å². The van der Waals surface area contributed by atoms with Crippen molar-refractivity contribution in [2.75, 3.05) is 27.3 Å². The van der Waals surface area contributed by atoms with Crippen LogP contribution < -0.4 is 15.4 Å². The average molecular weight is 250 g/mol. The summed E-state index contributed by atoms with van der Waals surface area (Å²) in [5.74, 6) is 0.650. The second-order valence-corrected chi connectivity index (χ2v) is 4.24. The van der Waals surface area contributed by atoms with Crippen molar-refractivity contribution in [1.29, 1.82) is 0 Å². The number of hydrogen-bond acceptors (Lipinski definition) is 4. The van der Waals surface area contributed by atoms with Crippen LogP contribution in [-0.2, 0) is 4.74 Å². The Morgan fingerprint density at radius 3 is 2.61 bits per heavy atom. The smallest absolute Gasteiger partial charge is 0.251 e. The molecule has 0 bridgehead atoms. The summed E-state index contributed by atoms with van der Waals surface area (Å²) >= 11 is 0. The lowest BCUT2D eigenvalue weighted by molar-refractivity contribution is 0.0780. The van der Waals surface area contributed by atoms with Gasteiger partial charge in [0.25, 0.3) is 5.91 Å². The van der Waals surface area contributed by atoms with Gasteiger partial charge in [-0.25, -0.2) is 0 Å². The molecule has 5 nitrogen and oxygen atoms in total. The quantitative estimate of drug-likeness (QED) is 0.812. The number of carbonyl (C=O) groups excluding carboxylic acids is 1. The number of ether oxygens (including phenoxy) is 2. The van der Waals surface area contributed by atoms with E-state index in [0.29, 0.717) is 5.56 Å². The third-order valence-corrected chi connectivity index (χ3v) is 3.13. The molecule has 1 heterocycles. The summed E-state index contributed by atoms with van der Waals surface area (Å²) in [5, 5.41) is 6.16. The topological polar surface area (TPSA) is 59.6 Å². The highest BCUT2D eigenvalue weighted by molar-refractivity contribution is 5.94. The summed E-state index contributed by atoms with van der Waals surface area (Å²) in [6, 6.07) is 7.06. The van der Waals surface area contributed by atoms with Crippen molar-refractivity contribution in [2.24, 2.45) is 0 Å². The lowest BCUT2D eigenvalue weighted by Crippen LogP contribution is -2.43. The Morgan fingerprint density at radius 1 is 1.28 bits per heavy atom. The van der Waals surface area contributed by atoms with Gasteiger partial charge in [0.15, 0.2) is 0 Å². The van der Waals surface area contributed by atoms with Crippen LogP contribution in [0.25, 0.3) is 0 Å². The van der Waals surface area contributed by atoms with Gasteiger partial charge in [0.1, 0.15) is 5.75 Å². The van der Waals surface area contributed by atoms with Gasteiger partial charge in [-0.2, -0.15) is 0 Å². The molecular formula is C13H18N2O3. The number of rotatable bonds is 4. The Bertz CT molecular complexity index is 405. The van der Waals surface area contributed by atoms with Gasteiger partial charge in [0.05, 0.1) is 19.3 Å². The molecule has 1 aromatic carbocycles. The van der Waals surface area contributed by atoms with E-state index in [2.05, 4.69) is 10.6 Å². The molecule has 0 aromatic heterocycles. The molecule has 0 aliphatic carbocycles. The summed E-state index contributed by atoms with van der Waals surface area (Å²) in [6.07, 6.45) is 0.0344. The number of methoxy groups -OCH3 is 2. The van der Waals surface area contributed by atoms with Crippen LogP contribution in [0.15, 0.2) is 24.3 Å². The third-order valence-electron chi connectivity index (χ3n) is 3.13. The van der Waals surface area contributed by atoms with Crippen molar-refractivity contribution in [3.8, 4) is 5.75 Å². The maximum absolute atomic E-state index is 12.0. The fraction of sp³-hybridized carbons (Fsp3) is 0.462. The van der Waals surface area contributed by atoms with Crippen molar-refractivity contribution in [3.63, 3.8) is 0 Å². The Balaban J connectivity index is 1.98. The normalized spacial score (nSPS) is 22.8. The van der Waals surface area contributed by atoms with Gasteiger partial charge in [-0.15, -0.1) is 0 Å². The fourth-order valence-electron chi connectivity index (χ4n) is 2.04. The van der Waals surface area contributed by atoms with E-state index >= 15 is 0 Å². The van der Waals surface area contributed by atoms with Crippen LogP contribution in [0.3, 0.4) is 0 Å². The van der Waals surface area contributed by atoms with Crippen LogP contribution in [0, 0.1) is 0 Å². The van der Waals surface area contributed by atoms with E-state index in [-0.39, 0.29) is 18.1 Å². The van der Waals surface area contributed by atoms with Crippen LogP contribution in [0.4, 0.5) is 0 Å². The molecule has 1 aliphatic rings. The van der Waals surface area contributed by atoms with Crippen molar-refractivity contribution < 1.29 is 14.3 Å². The standard InChI is InChI=1S/C13H18N2O3/c1-17-10-5-3-9(4-6-10)13(16)15-11-7-14-8-12(11)18-2/h3-6,11-12,14H,7-8H2,1-2H3,(H,15,16)/t11?,12-/m0/s1. The van der Waals surface area contributed by atoms with Crippen molar-refractivity contribution in [1.82, 2.24) is 10.6 Å². The summed E-state index contributed by atoms with van der Waals surface area (Å²) < 4.78 is 10.4. The summed E-state index contributed by atoms with van der Waals surface area (Å²) in [6.45, 7) is 1.50. The van der Waals surface area contributed by atoms with Crippen molar-refractivity contribution in [2.45, 2.75) is 12.1 Å². The first-order valence-electron chi connectivity index (χ1n) is 5.93. The van der Waals surface area contributed by atoms with E-state index in [9.17, 15) is 4.79 Å². The molecule has 0 spiro atoms. The second kappa shape index (κ2) is 5.84. The first-order chi connectivity index (χ1) is 8.74. The molecule has 0 radical (unpaired) electrons. The molecule has 0 saturated carbocycles. The molecule has 1 unspecified atom stereocenters. The van der Waals surface area contributed by atoms with Crippen LogP contribution in [-0.4, -0.2) is 45.4 Å². The van der Waals surface area contributed by atoms with Gasteiger partial charge in [-0.05, 0) is 24.3 Å². The molecule has 1 amide bonds. The Kier molecular flexibility index (Phi) is 4.17. The molecule has 98 valence electrons. The van der Waals surface area contributed by atoms with Crippen molar-refractivity contribution in [3.05, 3.63) is 29.8 Å². The molecule has 1 saturated heterocycles. The lowest BCUT2D eigenvalue weighted by Gasteiger charge is -2.18. The maximum atomic E-state index is 12.0. The number of benzene rings is 1. The Labute approximate surface area is 106 Å². The predicted octanol–water partition coefficient (Wildman–Crippen LogP) is 0.412. The SMILES string of the molecule is COc1ccc(C(=O)NC2CNC[C@@H]2OC)cc1. The number of hydrogen-bond donors (Lipinski definition) is 2. The van der Waals surface area contributed by atoms with Gasteiger partial charge in [0, 0.05) is 25.8 Å². The minimum atomic E-state index is -0.0894. The monoisotopic (exact) mass is 250 g/mol. The van der Waals surface area contributed by atoms with E-state index in [1.165, 1.54) is 0 Å². The summed E-state index contributed by atoms with van der Waals surface area (Å²) in [5.41, 5.74) is 0.623. The second-order valence-electron chi connectivity index (χ2n) is 4.24. The zero-order valence-electron chi connectivity index (χ0n) is 10.6. The molecule has 2 N–H and O–H groups in total. The molecule has 1 aliphatic heterocycles. The Morgan fingerprint density at radius 2 is 2.00 bits per heavy atom. The van der Waals surface area contributed by atoms with Crippen LogP contribution in [0.5, 0.6) is 5.75 Å². The van der Waals surface area contributed by atoms with Crippen LogP contribution >= 0.6 is 0 Å². The van der Waals surface area contributed by atoms with E-state index in [0.717, 1.165) is 18.8 Å². The maximum Gasteiger partial charge on any atom is 0.251 e. The highest BCUT2D eigenvalue weighted by Gasteiger charge is 2.28. The molecule has 2 atom stereocenters. The Hall–Kier alpha value is -1.59. The van der Waals surface area contributed by atoms with Crippen LogP contribution in [0.1, 0.15) is 10.4 Å². The minimum absolute atomic E-state index is 0.0181. The van der Waals surface area contributed by atoms with E-state index in [1.54, 1.807) is 38.5 Å². The highest BCUT2D eigenvalue weighted by Crippen LogP contribution is 2.12. The van der Waals surface area contributed by atoms with Crippen LogP contribution in [0.2, 0.25) is 0 Å². The van der Waals surface area contributed by atoms with E-state index in [4.69, 9.17) is 9.47 Å². The minimum Gasteiger partial charge on any atom is -0.497 e. The van der Waals surface area contributed by atoms with Gasteiger partial charge < -0.3 is 20.1 Å². The largest absolute Gasteiger partial charge is 0.497 e. The molecule has 1 fully saturated rings. The van der Waals surface area contributed by atoms with Crippen molar-refractivity contribution >= 4 is 5.91 Å². The predicted molar refractivity (Wildman–Crippen MR) is 67.9 cm³/mol. The summed E-state index contributed by atoms with van der Waals surface area (Å²) in [7, 11) is 3.26.